The summed E-state index contributed by atoms with van der Waals surface area (Å²) in [4.78, 5) is 21.9. The molecule has 208 valence electrons. The van der Waals surface area contributed by atoms with Gasteiger partial charge in [0.1, 0.15) is 10.7 Å². The number of rotatable bonds is 7. The summed E-state index contributed by atoms with van der Waals surface area (Å²) in [5.74, 6) is 1.05. The highest BCUT2D eigenvalue weighted by Crippen LogP contribution is 2.35. The van der Waals surface area contributed by atoms with Gasteiger partial charge in [-0.25, -0.2) is 4.98 Å². The highest BCUT2D eigenvalue weighted by atomic mass is 35.5. The number of para-hydroxylation sites is 2. The minimum atomic E-state index is -0.0588. The SMILES string of the molecule is O=C(c1csc(CSc2nnc(-c3ccccc3Cl)n2-c2ccccc2Cl)n1)N1CCN(c2ccccc2Cl)CC1. The molecule has 3 aromatic carbocycles. The van der Waals surface area contributed by atoms with E-state index in [1.165, 1.54) is 23.1 Å². The minimum Gasteiger partial charge on any atom is -0.367 e. The molecular formula is C29H23Cl3N6OS2. The Kier molecular flexibility index (Phi) is 8.50. The molecular weight excluding hydrogens is 619 g/mol. The van der Waals surface area contributed by atoms with Crippen molar-refractivity contribution in [2.45, 2.75) is 10.9 Å². The van der Waals surface area contributed by atoms with Crippen molar-refractivity contribution in [2.75, 3.05) is 31.1 Å². The monoisotopic (exact) mass is 640 g/mol. The lowest BCUT2D eigenvalue weighted by Crippen LogP contribution is -2.49. The number of amides is 1. The van der Waals surface area contributed by atoms with Crippen molar-refractivity contribution in [2.24, 2.45) is 0 Å². The van der Waals surface area contributed by atoms with Crippen LogP contribution in [0.4, 0.5) is 5.69 Å². The Bertz CT molecular complexity index is 1700. The van der Waals surface area contributed by atoms with E-state index in [9.17, 15) is 4.79 Å². The number of carbonyl (C=O) groups is 1. The second-order valence-corrected chi connectivity index (χ2v) is 12.3. The van der Waals surface area contributed by atoms with E-state index in [2.05, 4.69) is 20.1 Å². The number of benzene rings is 3. The summed E-state index contributed by atoms with van der Waals surface area (Å²) in [6.07, 6.45) is 0. The molecule has 3 heterocycles. The highest BCUT2D eigenvalue weighted by molar-refractivity contribution is 7.98. The number of anilines is 1. The third-order valence-corrected chi connectivity index (χ3v) is 9.64. The summed E-state index contributed by atoms with van der Waals surface area (Å²) < 4.78 is 1.91. The zero-order chi connectivity index (χ0) is 28.3. The summed E-state index contributed by atoms with van der Waals surface area (Å²) in [6.45, 7) is 2.65. The lowest BCUT2D eigenvalue weighted by atomic mass is 10.2. The lowest BCUT2D eigenvalue weighted by molar-refractivity contribution is 0.0741. The fourth-order valence-corrected chi connectivity index (χ4v) is 7.08. The van der Waals surface area contributed by atoms with Gasteiger partial charge in [-0.05, 0) is 36.4 Å². The highest BCUT2D eigenvalue weighted by Gasteiger charge is 2.25. The minimum absolute atomic E-state index is 0.0588. The fraction of sp³-hybridized carbons (Fsp3) is 0.172. The van der Waals surface area contributed by atoms with Gasteiger partial charge in [-0.3, -0.25) is 9.36 Å². The Hall–Kier alpha value is -3.08. The molecule has 0 radical (unpaired) electrons. The Morgan fingerprint density at radius 1 is 0.805 bits per heavy atom. The van der Waals surface area contributed by atoms with Crippen molar-refractivity contribution in [3.63, 3.8) is 0 Å². The van der Waals surface area contributed by atoms with Gasteiger partial charge in [-0.1, -0.05) is 83.0 Å². The third kappa shape index (κ3) is 5.96. The van der Waals surface area contributed by atoms with Crippen LogP contribution in [-0.4, -0.2) is 56.7 Å². The van der Waals surface area contributed by atoms with E-state index in [1.54, 1.807) is 0 Å². The van der Waals surface area contributed by atoms with Gasteiger partial charge < -0.3 is 9.80 Å². The van der Waals surface area contributed by atoms with E-state index < -0.39 is 0 Å². The molecule has 0 atom stereocenters. The van der Waals surface area contributed by atoms with Crippen molar-refractivity contribution < 1.29 is 4.79 Å². The van der Waals surface area contributed by atoms with Crippen LogP contribution in [0.5, 0.6) is 0 Å². The van der Waals surface area contributed by atoms with E-state index in [1.807, 2.05) is 87.6 Å². The van der Waals surface area contributed by atoms with Crippen LogP contribution < -0.4 is 4.90 Å². The molecule has 1 aliphatic heterocycles. The Morgan fingerprint density at radius 2 is 1.44 bits per heavy atom. The number of carbonyl (C=O) groups excluding carboxylic acids is 1. The largest absolute Gasteiger partial charge is 0.367 e. The molecule has 5 aromatic rings. The van der Waals surface area contributed by atoms with Crippen LogP contribution in [0.3, 0.4) is 0 Å². The molecule has 1 aliphatic rings. The summed E-state index contributed by atoms with van der Waals surface area (Å²) in [5.41, 5.74) is 2.96. The fourth-order valence-electron chi connectivity index (χ4n) is 4.65. The molecule has 12 heteroatoms. The summed E-state index contributed by atoms with van der Waals surface area (Å²) in [5, 5.41) is 14.1. The van der Waals surface area contributed by atoms with Crippen LogP contribution in [0.2, 0.25) is 15.1 Å². The van der Waals surface area contributed by atoms with E-state index in [-0.39, 0.29) is 5.91 Å². The van der Waals surface area contributed by atoms with Crippen LogP contribution in [-0.2, 0) is 5.75 Å². The Morgan fingerprint density at radius 3 is 2.12 bits per heavy atom. The van der Waals surface area contributed by atoms with Gasteiger partial charge in [-0.2, -0.15) is 0 Å². The first-order chi connectivity index (χ1) is 20.0. The van der Waals surface area contributed by atoms with Crippen LogP contribution >= 0.6 is 57.9 Å². The van der Waals surface area contributed by atoms with E-state index in [4.69, 9.17) is 34.8 Å². The van der Waals surface area contributed by atoms with Crippen molar-refractivity contribution in [3.8, 4) is 17.1 Å². The lowest BCUT2D eigenvalue weighted by Gasteiger charge is -2.36. The molecule has 7 nitrogen and oxygen atoms in total. The van der Waals surface area contributed by atoms with Crippen LogP contribution in [0.1, 0.15) is 15.5 Å². The number of thioether (sulfide) groups is 1. The first-order valence-electron chi connectivity index (χ1n) is 12.8. The van der Waals surface area contributed by atoms with Gasteiger partial charge in [0, 0.05) is 37.1 Å². The van der Waals surface area contributed by atoms with Crippen molar-refractivity contribution >= 4 is 69.5 Å². The van der Waals surface area contributed by atoms with Crippen molar-refractivity contribution in [1.82, 2.24) is 24.6 Å². The van der Waals surface area contributed by atoms with Gasteiger partial charge in [0.15, 0.2) is 11.0 Å². The van der Waals surface area contributed by atoms with Gasteiger partial charge in [0.2, 0.25) is 0 Å². The molecule has 0 aliphatic carbocycles. The van der Waals surface area contributed by atoms with Crippen LogP contribution in [0.15, 0.2) is 83.3 Å². The molecule has 41 heavy (non-hydrogen) atoms. The summed E-state index contributed by atoms with van der Waals surface area (Å²) in [6, 6.07) is 22.8. The smallest absolute Gasteiger partial charge is 0.273 e. The maximum absolute atomic E-state index is 13.2. The van der Waals surface area contributed by atoms with Gasteiger partial charge in [-0.15, -0.1) is 21.5 Å². The topological polar surface area (TPSA) is 67.2 Å². The predicted molar refractivity (Wildman–Crippen MR) is 168 cm³/mol. The molecule has 0 N–H and O–H groups in total. The van der Waals surface area contributed by atoms with Crippen LogP contribution in [0.25, 0.3) is 17.1 Å². The molecule has 6 rings (SSSR count). The molecule has 1 amide bonds. The van der Waals surface area contributed by atoms with Crippen molar-refractivity contribution in [1.29, 1.82) is 0 Å². The van der Waals surface area contributed by atoms with Gasteiger partial charge in [0.05, 0.1) is 32.2 Å². The average molecular weight is 642 g/mol. The van der Waals surface area contributed by atoms with Gasteiger partial charge in [0.25, 0.3) is 5.91 Å². The molecule has 2 aromatic heterocycles. The van der Waals surface area contributed by atoms with E-state index >= 15 is 0 Å². The molecule has 0 bridgehead atoms. The first kappa shape index (κ1) is 28.1. The predicted octanol–water partition coefficient (Wildman–Crippen LogP) is 7.61. The molecule has 0 saturated carbocycles. The number of piperazine rings is 1. The second-order valence-electron chi connectivity index (χ2n) is 9.22. The molecule has 1 saturated heterocycles. The Balaban J connectivity index is 1.16. The number of aromatic nitrogens is 4. The Labute approximate surface area is 260 Å². The normalized spacial score (nSPS) is 13.5. The molecule has 1 fully saturated rings. The average Bonchev–Trinajstić information content (AvgIpc) is 3.64. The second kappa shape index (κ2) is 12.4. The molecule has 0 spiro atoms. The number of hydrogen-bond donors (Lipinski definition) is 0. The number of halogens is 3. The van der Waals surface area contributed by atoms with Gasteiger partial charge >= 0.3 is 0 Å². The summed E-state index contributed by atoms with van der Waals surface area (Å²) >= 11 is 22.4. The quantitative estimate of drug-likeness (QED) is 0.171. The number of nitrogens with zero attached hydrogens (tertiary/aromatic N) is 6. The zero-order valence-electron chi connectivity index (χ0n) is 21.6. The maximum Gasteiger partial charge on any atom is 0.273 e. The standard InChI is InChI=1S/C29H23Cl3N6OS2/c30-20-8-2-1-7-19(20)27-34-35-29(38(27)25-12-6-4-10-22(25)32)41-18-26-33-23(17-40-26)28(39)37-15-13-36(14-16-37)24-11-5-3-9-21(24)31/h1-12,17H,13-16,18H2. The molecule has 0 unspecified atom stereocenters. The first-order valence-corrected chi connectivity index (χ1v) is 15.8. The van der Waals surface area contributed by atoms with E-state index in [0.717, 1.165) is 27.0 Å². The maximum atomic E-state index is 13.2. The third-order valence-electron chi connectivity index (χ3n) is 6.70. The van der Waals surface area contributed by atoms with E-state index in [0.29, 0.717) is 58.7 Å². The zero-order valence-corrected chi connectivity index (χ0v) is 25.5. The number of thiazole rings is 1. The number of hydrogen-bond acceptors (Lipinski definition) is 7. The summed E-state index contributed by atoms with van der Waals surface area (Å²) in [7, 11) is 0. The van der Waals surface area contributed by atoms with Crippen LogP contribution in [0, 0.1) is 0 Å². The van der Waals surface area contributed by atoms with Crippen molar-refractivity contribution in [3.05, 3.63) is 104 Å².